The number of rotatable bonds is 8. The Bertz CT molecular complexity index is 727. The van der Waals surface area contributed by atoms with Crippen LogP contribution in [0.4, 0.5) is 0 Å². The minimum Gasteiger partial charge on any atom is -0.508 e. The van der Waals surface area contributed by atoms with Crippen LogP contribution in [0.5, 0.6) is 28.7 Å². The average molecular weight is 346 g/mol. The molecule has 2 aromatic rings. The highest BCUT2D eigenvalue weighted by Gasteiger charge is 2.21. The first-order valence-corrected chi connectivity index (χ1v) is 8.14. The first kappa shape index (κ1) is 18.4. The predicted octanol–water partition coefficient (Wildman–Crippen LogP) is 3.52. The summed E-state index contributed by atoms with van der Waals surface area (Å²) in [6.45, 7) is 6.72. The fourth-order valence-electron chi connectivity index (χ4n) is 2.39. The van der Waals surface area contributed by atoms with Crippen LogP contribution in [0.25, 0.3) is 0 Å². The van der Waals surface area contributed by atoms with Gasteiger partial charge < -0.3 is 24.4 Å². The van der Waals surface area contributed by atoms with Crippen molar-refractivity contribution in [3.05, 3.63) is 41.5 Å². The lowest BCUT2D eigenvalue weighted by molar-refractivity contribution is 0.103. The molecule has 2 aromatic carbocycles. The van der Waals surface area contributed by atoms with E-state index in [0.29, 0.717) is 37.1 Å². The number of hydrogen-bond acceptors (Lipinski definition) is 6. The number of carbonyl (C=O) groups is 1. The Morgan fingerprint density at radius 3 is 1.92 bits per heavy atom. The van der Waals surface area contributed by atoms with Crippen LogP contribution in [-0.2, 0) is 0 Å². The summed E-state index contributed by atoms with van der Waals surface area (Å²) in [7, 11) is 0. The summed E-state index contributed by atoms with van der Waals surface area (Å²) in [5, 5.41) is 19.3. The summed E-state index contributed by atoms with van der Waals surface area (Å²) in [6, 6.07) is 6.95. The number of aromatic hydroxyl groups is 2. The van der Waals surface area contributed by atoms with Gasteiger partial charge in [0.15, 0.2) is 17.3 Å². The van der Waals surface area contributed by atoms with E-state index in [1.165, 1.54) is 12.1 Å². The molecule has 0 aromatic heterocycles. The van der Waals surface area contributed by atoms with Crippen molar-refractivity contribution in [2.45, 2.75) is 20.8 Å². The number of phenols is 2. The van der Waals surface area contributed by atoms with E-state index in [2.05, 4.69) is 0 Å². The third-order valence-electron chi connectivity index (χ3n) is 3.40. The molecule has 0 saturated carbocycles. The maximum Gasteiger partial charge on any atom is 0.203 e. The van der Waals surface area contributed by atoms with E-state index in [4.69, 9.17) is 14.2 Å². The van der Waals surface area contributed by atoms with Crippen molar-refractivity contribution in [1.29, 1.82) is 0 Å². The van der Waals surface area contributed by atoms with E-state index in [1.807, 2.05) is 20.8 Å². The fraction of sp³-hybridized carbons (Fsp3) is 0.316. The standard InChI is InChI=1S/C19H22O6/c1-4-23-16-9-12(10-17(24-5-2)19(16)25-6-3)18(22)14-8-7-13(20)11-15(14)21/h7-11,20-21H,4-6H2,1-3H3. The molecule has 2 N–H and O–H groups in total. The van der Waals surface area contributed by atoms with Gasteiger partial charge in [-0.25, -0.2) is 0 Å². The number of carbonyl (C=O) groups excluding carboxylic acids is 1. The van der Waals surface area contributed by atoms with Gasteiger partial charge in [-0.15, -0.1) is 0 Å². The zero-order chi connectivity index (χ0) is 18.4. The average Bonchev–Trinajstić information content (AvgIpc) is 2.57. The smallest absolute Gasteiger partial charge is 0.203 e. The molecule has 0 bridgehead atoms. The van der Waals surface area contributed by atoms with Crippen LogP contribution in [0.3, 0.4) is 0 Å². The van der Waals surface area contributed by atoms with E-state index in [-0.39, 0.29) is 22.6 Å². The van der Waals surface area contributed by atoms with Crippen LogP contribution in [0.1, 0.15) is 36.7 Å². The Labute approximate surface area is 146 Å². The highest BCUT2D eigenvalue weighted by atomic mass is 16.5. The monoisotopic (exact) mass is 346 g/mol. The molecule has 0 fully saturated rings. The predicted molar refractivity (Wildman–Crippen MR) is 93.2 cm³/mol. The van der Waals surface area contributed by atoms with Gasteiger partial charge in [0, 0.05) is 11.6 Å². The van der Waals surface area contributed by atoms with Gasteiger partial charge in [-0.1, -0.05) is 0 Å². The first-order chi connectivity index (χ1) is 12.0. The van der Waals surface area contributed by atoms with Gasteiger partial charge in [-0.2, -0.15) is 0 Å². The molecular weight excluding hydrogens is 324 g/mol. The van der Waals surface area contributed by atoms with E-state index < -0.39 is 5.78 Å². The number of hydrogen-bond donors (Lipinski definition) is 2. The van der Waals surface area contributed by atoms with E-state index >= 15 is 0 Å². The summed E-state index contributed by atoms with van der Waals surface area (Å²) in [5.74, 6) is 0.412. The van der Waals surface area contributed by atoms with Crippen molar-refractivity contribution in [2.75, 3.05) is 19.8 Å². The van der Waals surface area contributed by atoms with Crippen molar-refractivity contribution in [3.8, 4) is 28.7 Å². The molecule has 0 aliphatic carbocycles. The first-order valence-electron chi connectivity index (χ1n) is 8.14. The molecule has 25 heavy (non-hydrogen) atoms. The molecule has 0 atom stereocenters. The Balaban J connectivity index is 2.54. The molecule has 6 heteroatoms. The molecule has 134 valence electrons. The third-order valence-corrected chi connectivity index (χ3v) is 3.40. The van der Waals surface area contributed by atoms with Crippen LogP contribution >= 0.6 is 0 Å². The van der Waals surface area contributed by atoms with Gasteiger partial charge in [0.05, 0.1) is 25.4 Å². The molecule has 0 radical (unpaired) electrons. The largest absolute Gasteiger partial charge is 0.508 e. The Kier molecular flexibility index (Phi) is 6.11. The van der Waals surface area contributed by atoms with Crippen molar-refractivity contribution in [3.63, 3.8) is 0 Å². The van der Waals surface area contributed by atoms with Gasteiger partial charge in [0.1, 0.15) is 11.5 Å². The molecule has 6 nitrogen and oxygen atoms in total. The summed E-state index contributed by atoms with van der Waals surface area (Å²) >= 11 is 0. The molecule has 2 rings (SSSR count). The molecule has 0 saturated heterocycles. The van der Waals surface area contributed by atoms with E-state index in [0.717, 1.165) is 6.07 Å². The van der Waals surface area contributed by atoms with Gasteiger partial charge in [0.25, 0.3) is 0 Å². The van der Waals surface area contributed by atoms with Gasteiger partial charge in [0.2, 0.25) is 5.75 Å². The van der Waals surface area contributed by atoms with Crippen molar-refractivity contribution >= 4 is 5.78 Å². The van der Waals surface area contributed by atoms with Gasteiger partial charge >= 0.3 is 0 Å². The van der Waals surface area contributed by atoms with Crippen LogP contribution in [0.2, 0.25) is 0 Å². The summed E-state index contributed by atoms with van der Waals surface area (Å²) < 4.78 is 16.8. The van der Waals surface area contributed by atoms with Crippen molar-refractivity contribution < 1.29 is 29.2 Å². The second kappa shape index (κ2) is 8.28. The van der Waals surface area contributed by atoms with Gasteiger partial charge in [-0.05, 0) is 45.0 Å². The molecule has 0 aliphatic heterocycles. The number of ketones is 1. The number of ether oxygens (including phenoxy) is 3. The molecule has 0 aliphatic rings. The quantitative estimate of drug-likeness (QED) is 0.711. The maximum absolute atomic E-state index is 12.8. The lowest BCUT2D eigenvalue weighted by Crippen LogP contribution is -2.07. The van der Waals surface area contributed by atoms with Crippen LogP contribution in [0.15, 0.2) is 30.3 Å². The van der Waals surface area contributed by atoms with Crippen molar-refractivity contribution in [1.82, 2.24) is 0 Å². The molecular formula is C19H22O6. The lowest BCUT2D eigenvalue weighted by Gasteiger charge is -2.17. The summed E-state index contributed by atoms with van der Waals surface area (Å²) in [4.78, 5) is 12.8. The van der Waals surface area contributed by atoms with E-state index in [1.54, 1.807) is 12.1 Å². The molecule has 0 spiro atoms. The molecule has 0 amide bonds. The SMILES string of the molecule is CCOc1cc(C(=O)c2ccc(O)cc2O)cc(OCC)c1OCC. The van der Waals surface area contributed by atoms with Crippen LogP contribution in [0, 0.1) is 0 Å². The minimum atomic E-state index is -0.414. The van der Waals surface area contributed by atoms with E-state index in [9.17, 15) is 15.0 Å². The highest BCUT2D eigenvalue weighted by molar-refractivity contribution is 6.11. The Morgan fingerprint density at radius 2 is 1.44 bits per heavy atom. The molecule has 0 unspecified atom stereocenters. The summed E-state index contributed by atoms with van der Waals surface area (Å²) in [5.41, 5.74) is 0.364. The van der Waals surface area contributed by atoms with Gasteiger partial charge in [-0.3, -0.25) is 4.79 Å². The Morgan fingerprint density at radius 1 is 0.880 bits per heavy atom. The fourth-order valence-corrected chi connectivity index (χ4v) is 2.39. The molecule has 0 heterocycles. The normalized spacial score (nSPS) is 10.4. The summed E-state index contributed by atoms with van der Waals surface area (Å²) in [6.07, 6.45) is 0. The zero-order valence-corrected chi connectivity index (χ0v) is 14.5. The van der Waals surface area contributed by atoms with Crippen LogP contribution < -0.4 is 14.2 Å². The minimum absolute atomic E-state index is 0.0758. The Hall–Kier alpha value is -2.89. The lowest BCUT2D eigenvalue weighted by atomic mass is 10.0. The zero-order valence-electron chi connectivity index (χ0n) is 14.5. The highest BCUT2D eigenvalue weighted by Crippen LogP contribution is 2.40. The second-order valence-corrected chi connectivity index (χ2v) is 5.13. The van der Waals surface area contributed by atoms with Crippen molar-refractivity contribution in [2.24, 2.45) is 0 Å². The third kappa shape index (κ3) is 4.15. The van der Waals surface area contributed by atoms with Crippen LogP contribution in [-0.4, -0.2) is 35.8 Å². The number of phenolic OH excluding ortho intramolecular Hbond substituents is 2. The number of benzene rings is 2. The topological polar surface area (TPSA) is 85.2 Å². The second-order valence-electron chi connectivity index (χ2n) is 5.13. The maximum atomic E-state index is 12.8.